The van der Waals surface area contributed by atoms with E-state index in [4.69, 9.17) is 0 Å². The molecule has 0 bridgehead atoms. The van der Waals surface area contributed by atoms with Crippen LogP contribution < -0.4 is 5.32 Å². The number of benzene rings is 1. The second-order valence-corrected chi connectivity index (χ2v) is 7.59. The lowest BCUT2D eigenvalue weighted by molar-refractivity contribution is -0.136. The Bertz CT molecular complexity index is 835. The molecule has 8 heteroatoms. The molecule has 1 aromatic carbocycles. The average Bonchev–Trinajstić information content (AvgIpc) is 3.02. The van der Waals surface area contributed by atoms with E-state index in [0.29, 0.717) is 12.8 Å². The predicted octanol–water partition coefficient (Wildman–Crippen LogP) is 2.56. The van der Waals surface area contributed by atoms with Gasteiger partial charge >= 0.3 is 0 Å². The van der Waals surface area contributed by atoms with Crippen molar-refractivity contribution >= 4 is 17.7 Å². The van der Waals surface area contributed by atoms with Gasteiger partial charge in [-0.3, -0.25) is 19.7 Å². The normalized spacial score (nSPS) is 22.9. The minimum Gasteiger partial charge on any atom is -0.322 e. The molecular formula is C21H27F2N3O3. The van der Waals surface area contributed by atoms with Gasteiger partial charge in [-0.25, -0.2) is 8.78 Å². The van der Waals surface area contributed by atoms with Gasteiger partial charge in [-0.05, 0) is 51.4 Å². The molecule has 3 aliphatic rings. The fraction of sp³-hybridized carbons (Fsp3) is 0.571. The summed E-state index contributed by atoms with van der Waals surface area (Å²) in [5.74, 6) is -3.09. The van der Waals surface area contributed by atoms with E-state index in [0.717, 1.165) is 19.2 Å². The topological polar surface area (TPSA) is 69.7 Å². The van der Waals surface area contributed by atoms with Gasteiger partial charge in [0.1, 0.15) is 17.7 Å². The van der Waals surface area contributed by atoms with Crippen LogP contribution in [0.15, 0.2) is 6.07 Å². The molecular weight excluding hydrogens is 380 g/mol. The molecule has 0 radical (unpaired) electrons. The summed E-state index contributed by atoms with van der Waals surface area (Å²) in [5, 5.41) is 2.20. The van der Waals surface area contributed by atoms with E-state index in [-0.39, 0.29) is 47.9 Å². The predicted molar refractivity (Wildman–Crippen MR) is 103 cm³/mol. The van der Waals surface area contributed by atoms with E-state index < -0.39 is 29.5 Å². The molecule has 3 aliphatic heterocycles. The van der Waals surface area contributed by atoms with Crippen LogP contribution >= 0.6 is 0 Å². The maximum Gasteiger partial charge on any atom is 0.255 e. The maximum atomic E-state index is 15.2. The van der Waals surface area contributed by atoms with Gasteiger partial charge < -0.3 is 9.80 Å². The molecule has 0 aromatic heterocycles. The summed E-state index contributed by atoms with van der Waals surface area (Å²) < 4.78 is 29.9. The molecule has 6 nitrogen and oxygen atoms in total. The SMILES string of the molecule is CC.CN1CCC(c2c(F)cc3c(c2F)CN(C2CCC(=O)NC2=O)C3=O)CC1. The van der Waals surface area contributed by atoms with Gasteiger partial charge in [0.25, 0.3) is 5.91 Å². The number of nitrogens with zero attached hydrogens (tertiary/aromatic N) is 2. The molecule has 1 aromatic rings. The minimum absolute atomic E-state index is 0.0219. The molecule has 3 amide bonds. The average molecular weight is 407 g/mol. The van der Waals surface area contributed by atoms with Gasteiger partial charge in [0, 0.05) is 17.5 Å². The molecule has 2 fully saturated rings. The quantitative estimate of drug-likeness (QED) is 0.765. The standard InChI is InChI=1S/C19H21F2N3O3.C2H6/c1-23-6-4-10(5-7-23)16-13(20)8-11-12(17(16)21)9-24(19(11)27)14-2-3-15(25)22-18(14)26;1-2/h8,10,14H,2-7,9H2,1H3,(H,22,25,26);1-2H3. The number of hydrogen-bond acceptors (Lipinski definition) is 4. The van der Waals surface area contributed by atoms with E-state index in [1.54, 1.807) is 0 Å². The summed E-state index contributed by atoms with van der Waals surface area (Å²) in [4.78, 5) is 39.5. The second kappa shape index (κ2) is 8.57. The van der Waals surface area contributed by atoms with Crippen LogP contribution in [0.3, 0.4) is 0 Å². The molecule has 0 spiro atoms. The zero-order valence-electron chi connectivity index (χ0n) is 17.1. The number of carbonyl (C=O) groups is 3. The fourth-order valence-corrected chi connectivity index (χ4v) is 4.32. The van der Waals surface area contributed by atoms with Gasteiger partial charge in [-0.15, -0.1) is 0 Å². The molecule has 4 rings (SSSR count). The highest BCUT2D eigenvalue weighted by Crippen LogP contribution is 2.37. The van der Waals surface area contributed by atoms with E-state index in [1.807, 2.05) is 20.9 Å². The summed E-state index contributed by atoms with van der Waals surface area (Å²) in [6.07, 6.45) is 1.63. The van der Waals surface area contributed by atoms with Crippen LogP contribution in [-0.2, 0) is 16.1 Å². The van der Waals surface area contributed by atoms with Crippen LogP contribution in [0.5, 0.6) is 0 Å². The third-order valence-corrected chi connectivity index (χ3v) is 5.89. The van der Waals surface area contributed by atoms with Crippen molar-refractivity contribution in [2.45, 2.75) is 58.0 Å². The third kappa shape index (κ3) is 3.90. The number of amides is 3. The Hall–Kier alpha value is -2.35. The Labute approximate surface area is 169 Å². The minimum atomic E-state index is -0.836. The van der Waals surface area contributed by atoms with Crippen molar-refractivity contribution in [2.75, 3.05) is 20.1 Å². The molecule has 2 saturated heterocycles. The Morgan fingerprint density at radius 1 is 1.07 bits per heavy atom. The van der Waals surface area contributed by atoms with Crippen molar-refractivity contribution in [2.24, 2.45) is 0 Å². The van der Waals surface area contributed by atoms with Crippen LogP contribution in [0.25, 0.3) is 0 Å². The summed E-state index contributed by atoms with van der Waals surface area (Å²) in [6.45, 7) is 5.45. The molecule has 158 valence electrons. The van der Waals surface area contributed by atoms with Crippen LogP contribution in [0.2, 0.25) is 0 Å². The van der Waals surface area contributed by atoms with Crippen molar-refractivity contribution in [1.82, 2.24) is 15.1 Å². The summed E-state index contributed by atoms with van der Waals surface area (Å²) in [5.41, 5.74) is 0.186. The zero-order chi connectivity index (χ0) is 21.3. The molecule has 29 heavy (non-hydrogen) atoms. The van der Waals surface area contributed by atoms with E-state index in [9.17, 15) is 18.8 Å². The lowest BCUT2D eigenvalue weighted by atomic mass is 9.87. The zero-order valence-corrected chi connectivity index (χ0v) is 17.1. The Morgan fingerprint density at radius 2 is 1.72 bits per heavy atom. The van der Waals surface area contributed by atoms with Gasteiger partial charge in [0.15, 0.2) is 0 Å². The van der Waals surface area contributed by atoms with E-state index >= 15 is 4.39 Å². The molecule has 3 heterocycles. The first-order valence-corrected chi connectivity index (χ1v) is 10.2. The molecule has 0 aliphatic carbocycles. The number of carbonyl (C=O) groups excluding carboxylic acids is 3. The molecule has 1 unspecified atom stereocenters. The lowest BCUT2D eigenvalue weighted by Crippen LogP contribution is -2.52. The van der Waals surface area contributed by atoms with Crippen molar-refractivity contribution in [1.29, 1.82) is 0 Å². The smallest absolute Gasteiger partial charge is 0.255 e. The number of piperidine rings is 2. The van der Waals surface area contributed by atoms with E-state index in [2.05, 4.69) is 10.2 Å². The van der Waals surface area contributed by atoms with Crippen LogP contribution in [0.4, 0.5) is 8.78 Å². The largest absolute Gasteiger partial charge is 0.322 e. The number of hydrogen-bond donors (Lipinski definition) is 1. The number of halogens is 2. The molecule has 1 atom stereocenters. The highest BCUT2D eigenvalue weighted by molar-refractivity contribution is 6.05. The summed E-state index contributed by atoms with van der Waals surface area (Å²) in [6, 6.07) is 0.275. The van der Waals surface area contributed by atoms with Gasteiger partial charge in [0.2, 0.25) is 11.8 Å². The second-order valence-electron chi connectivity index (χ2n) is 7.59. The monoisotopic (exact) mass is 407 g/mol. The fourth-order valence-electron chi connectivity index (χ4n) is 4.32. The first-order chi connectivity index (χ1) is 13.9. The van der Waals surface area contributed by atoms with Crippen molar-refractivity contribution in [3.8, 4) is 0 Å². The number of rotatable bonds is 2. The van der Waals surface area contributed by atoms with Crippen molar-refractivity contribution in [3.05, 3.63) is 34.4 Å². The Balaban J connectivity index is 0.00000117. The van der Waals surface area contributed by atoms with E-state index in [1.165, 1.54) is 4.90 Å². The van der Waals surface area contributed by atoms with Gasteiger partial charge in [-0.1, -0.05) is 13.8 Å². The summed E-state index contributed by atoms with van der Waals surface area (Å²) in [7, 11) is 1.97. The molecule has 1 N–H and O–H groups in total. The number of fused-ring (bicyclic) bond motifs is 1. The van der Waals surface area contributed by atoms with Crippen LogP contribution in [0, 0.1) is 11.6 Å². The highest BCUT2D eigenvalue weighted by Gasteiger charge is 2.41. The first-order valence-electron chi connectivity index (χ1n) is 10.2. The number of nitrogens with one attached hydrogen (secondary N) is 1. The molecule has 0 saturated carbocycles. The maximum absolute atomic E-state index is 15.2. The van der Waals surface area contributed by atoms with Crippen LogP contribution in [-0.4, -0.2) is 53.7 Å². The number of likely N-dealkylation sites (tertiary alicyclic amines) is 1. The van der Waals surface area contributed by atoms with Gasteiger partial charge in [-0.2, -0.15) is 0 Å². The lowest BCUT2D eigenvalue weighted by Gasteiger charge is -2.30. The van der Waals surface area contributed by atoms with Crippen LogP contribution in [0.1, 0.15) is 66.9 Å². The third-order valence-electron chi connectivity index (χ3n) is 5.89. The summed E-state index contributed by atoms with van der Waals surface area (Å²) >= 11 is 0. The van der Waals surface area contributed by atoms with Crippen molar-refractivity contribution in [3.63, 3.8) is 0 Å². The first kappa shape index (κ1) is 21.4. The van der Waals surface area contributed by atoms with Gasteiger partial charge in [0.05, 0.1) is 12.1 Å². The Morgan fingerprint density at radius 3 is 2.34 bits per heavy atom. The highest BCUT2D eigenvalue weighted by atomic mass is 19.1. The number of imide groups is 1. The van der Waals surface area contributed by atoms with Crippen molar-refractivity contribution < 1.29 is 23.2 Å². The Kier molecular flexibility index (Phi) is 6.31.